The molecule has 2 aromatic rings. The molecule has 0 aliphatic rings. The van der Waals surface area contributed by atoms with Gasteiger partial charge in [0.15, 0.2) is 15.7 Å². The topological polar surface area (TPSA) is 64.8 Å². The van der Waals surface area contributed by atoms with Crippen molar-refractivity contribution >= 4 is 32.4 Å². The van der Waals surface area contributed by atoms with Crippen LogP contribution in [0, 0.1) is 3.57 Å². The van der Waals surface area contributed by atoms with E-state index in [1.54, 1.807) is 24.9 Å². The molecule has 0 saturated heterocycles. The van der Waals surface area contributed by atoms with Crippen molar-refractivity contribution in [3.05, 3.63) is 34.2 Å². The van der Waals surface area contributed by atoms with E-state index in [1.165, 1.54) is 0 Å². The van der Waals surface area contributed by atoms with Crippen molar-refractivity contribution in [1.29, 1.82) is 0 Å². The minimum atomic E-state index is -3.05. The molecule has 0 amide bonds. The van der Waals surface area contributed by atoms with Gasteiger partial charge >= 0.3 is 0 Å². The van der Waals surface area contributed by atoms with E-state index < -0.39 is 9.84 Å². The molecule has 0 atom stereocenters. The van der Waals surface area contributed by atoms with Crippen LogP contribution in [0.25, 0.3) is 11.4 Å². The van der Waals surface area contributed by atoms with E-state index in [2.05, 4.69) is 32.7 Å². The molecule has 5 nitrogen and oxygen atoms in total. The number of benzene rings is 1. The maximum Gasteiger partial charge on any atom is 0.181 e. The number of nitrogens with zero attached hydrogens (tertiary/aromatic N) is 3. The highest BCUT2D eigenvalue weighted by Gasteiger charge is 2.16. The van der Waals surface area contributed by atoms with Gasteiger partial charge in [-0.25, -0.2) is 13.4 Å². The van der Waals surface area contributed by atoms with Gasteiger partial charge in [-0.15, -0.1) is 0 Å². The normalized spacial score (nSPS) is 12.0. The molecule has 0 radical (unpaired) electrons. The molecule has 1 aromatic heterocycles. The molecule has 0 unspecified atom stereocenters. The Morgan fingerprint density at radius 3 is 2.75 bits per heavy atom. The summed E-state index contributed by atoms with van der Waals surface area (Å²) in [5, 5.41) is 3.96. The third-order valence-corrected chi connectivity index (χ3v) is 5.80. The summed E-state index contributed by atoms with van der Waals surface area (Å²) in [6, 6.07) is 7.87. The molecule has 7 heteroatoms. The smallest absolute Gasteiger partial charge is 0.181 e. The molecule has 0 spiro atoms. The van der Waals surface area contributed by atoms with E-state index in [-0.39, 0.29) is 11.0 Å². The number of hydrogen-bond acceptors (Lipinski definition) is 4. The van der Waals surface area contributed by atoms with Crippen molar-refractivity contribution < 1.29 is 8.42 Å². The minimum absolute atomic E-state index is 0.0831. The first-order chi connectivity index (χ1) is 9.38. The third-order valence-electron chi connectivity index (χ3n) is 2.94. The van der Waals surface area contributed by atoms with Crippen LogP contribution < -0.4 is 0 Å². The minimum Gasteiger partial charge on any atom is -0.251 e. The number of halogens is 1. The quantitative estimate of drug-likeness (QED) is 0.717. The van der Waals surface area contributed by atoms with Gasteiger partial charge in [-0.3, -0.25) is 4.68 Å². The van der Waals surface area contributed by atoms with E-state index in [0.717, 1.165) is 9.13 Å². The Labute approximate surface area is 132 Å². The van der Waals surface area contributed by atoms with E-state index in [0.29, 0.717) is 12.4 Å². The van der Waals surface area contributed by atoms with Crippen molar-refractivity contribution in [2.45, 2.75) is 25.6 Å². The number of hydrogen-bond donors (Lipinski definition) is 0. The molecule has 0 bridgehead atoms. The molecule has 1 aromatic carbocycles. The standard InChI is InChI=1S/C13H16IN3O2S/c1-10(2)20(18,19)7-6-17-9-15-13(16-17)11-4-3-5-12(14)8-11/h3-5,8-10H,6-7H2,1-2H3. The Morgan fingerprint density at radius 2 is 2.10 bits per heavy atom. The first-order valence-corrected chi connectivity index (χ1v) is 9.05. The maximum absolute atomic E-state index is 11.8. The van der Waals surface area contributed by atoms with Gasteiger partial charge in [-0.05, 0) is 48.6 Å². The van der Waals surface area contributed by atoms with Crippen LogP contribution in [0.4, 0.5) is 0 Å². The molecule has 0 aliphatic carbocycles. The van der Waals surface area contributed by atoms with E-state index in [1.807, 2.05) is 24.3 Å². The zero-order valence-corrected chi connectivity index (χ0v) is 14.3. The Bertz CT molecular complexity index is 695. The first kappa shape index (κ1) is 15.4. The summed E-state index contributed by atoms with van der Waals surface area (Å²) < 4.78 is 26.2. The van der Waals surface area contributed by atoms with Crippen LogP contribution >= 0.6 is 22.6 Å². The summed E-state index contributed by atoms with van der Waals surface area (Å²) in [5.41, 5.74) is 0.933. The van der Waals surface area contributed by atoms with Gasteiger partial charge in [0.25, 0.3) is 0 Å². The lowest BCUT2D eigenvalue weighted by molar-refractivity contribution is 0.572. The Hall–Kier alpha value is -0.960. The molecule has 0 N–H and O–H groups in total. The highest BCUT2D eigenvalue weighted by atomic mass is 127. The second-order valence-electron chi connectivity index (χ2n) is 4.76. The molecule has 108 valence electrons. The fraction of sp³-hybridized carbons (Fsp3) is 0.385. The lowest BCUT2D eigenvalue weighted by atomic mass is 10.2. The van der Waals surface area contributed by atoms with Crippen molar-refractivity contribution in [2.24, 2.45) is 0 Å². The molecule has 0 fully saturated rings. The molecule has 2 rings (SSSR count). The van der Waals surface area contributed by atoms with Crippen LogP contribution in [-0.4, -0.2) is 34.2 Å². The molecule has 1 heterocycles. The number of aryl methyl sites for hydroxylation is 1. The van der Waals surface area contributed by atoms with Gasteiger partial charge in [-0.2, -0.15) is 5.10 Å². The summed E-state index contributed by atoms with van der Waals surface area (Å²) in [4.78, 5) is 4.23. The van der Waals surface area contributed by atoms with Gasteiger partial charge in [0, 0.05) is 9.13 Å². The number of sulfone groups is 1. The lowest BCUT2D eigenvalue weighted by Crippen LogP contribution is -2.21. The second-order valence-corrected chi connectivity index (χ2v) is 8.68. The predicted octanol–water partition coefficient (Wildman–Crippen LogP) is 2.37. The first-order valence-electron chi connectivity index (χ1n) is 6.25. The molecule has 0 aliphatic heterocycles. The average Bonchev–Trinajstić information content (AvgIpc) is 2.85. The summed E-state index contributed by atoms with van der Waals surface area (Å²) >= 11 is 2.23. The zero-order valence-electron chi connectivity index (χ0n) is 11.3. The van der Waals surface area contributed by atoms with Crippen LogP contribution in [0.15, 0.2) is 30.6 Å². The Kier molecular flexibility index (Phi) is 4.79. The fourth-order valence-electron chi connectivity index (χ4n) is 1.62. The van der Waals surface area contributed by atoms with Gasteiger partial charge in [0.2, 0.25) is 0 Å². The van der Waals surface area contributed by atoms with Crippen LogP contribution in [0.3, 0.4) is 0 Å². The Balaban J connectivity index is 2.10. The van der Waals surface area contributed by atoms with Crippen molar-refractivity contribution in [3.63, 3.8) is 0 Å². The monoisotopic (exact) mass is 405 g/mol. The third kappa shape index (κ3) is 3.78. The molecule has 20 heavy (non-hydrogen) atoms. The van der Waals surface area contributed by atoms with E-state index in [4.69, 9.17) is 0 Å². The maximum atomic E-state index is 11.8. The zero-order chi connectivity index (χ0) is 14.8. The molecular formula is C13H16IN3O2S. The van der Waals surface area contributed by atoms with E-state index >= 15 is 0 Å². The SMILES string of the molecule is CC(C)S(=O)(=O)CCn1cnc(-c2cccc(I)c2)n1. The van der Waals surface area contributed by atoms with Gasteiger partial charge in [0.1, 0.15) is 6.33 Å². The second kappa shape index (κ2) is 6.21. The van der Waals surface area contributed by atoms with Gasteiger partial charge < -0.3 is 0 Å². The average molecular weight is 405 g/mol. The largest absolute Gasteiger partial charge is 0.251 e. The number of aromatic nitrogens is 3. The van der Waals surface area contributed by atoms with Crippen LogP contribution in [0.2, 0.25) is 0 Å². The summed E-state index contributed by atoms with van der Waals surface area (Å²) in [7, 11) is -3.05. The van der Waals surface area contributed by atoms with Gasteiger partial charge in [0.05, 0.1) is 17.5 Å². The van der Waals surface area contributed by atoms with Crippen molar-refractivity contribution in [3.8, 4) is 11.4 Å². The fourth-order valence-corrected chi connectivity index (χ4v) is 3.07. The molecule has 0 saturated carbocycles. The highest BCUT2D eigenvalue weighted by Crippen LogP contribution is 2.17. The van der Waals surface area contributed by atoms with Crippen LogP contribution in [-0.2, 0) is 16.4 Å². The molecular weight excluding hydrogens is 389 g/mol. The van der Waals surface area contributed by atoms with Gasteiger partial charge in [-0.1, -0.05) is 12.1 Å². The van der Waals surface area contributed by atoms with E-state index in [9.17, 15) is 8.42 Å². The predicted molar refractivity (Wildman–Crippen MR) is 87.1 cm³/mol. The van der Waals surface area contributed by atoms with Crippen molar-refractivity contribution in [1.82, 2.24) is 14.8 Å². The summed E-state index contributed by atoms with van der Waals surface area (Å²) in [6.07, 6.45) is 1.57. The van der Waals surface area contributed by atoms with Crippen LogP contribution in [0.1, 0.15) is 13.8 Å². The lowest BCUT2D eigenvalue weighted by Gasteiger charge is -2.06. The Morgan fingerprint density at radius 1 is 1.35 bits per heavy atom. The highest BCUT2D eigenvalue weighted by molar-refractivity contribution is 14.1. The summed E-state index contributed by atoms with van der Waals surface area (Å²) in [6.45, 7) is 3.71. The van der Waals surface area contributed by atoms with Crippen LogP contribution in [0.5, 0.6) is 0 Å². The van der Waals surface area contributed by atoms with Crippen molar-refractivity contribution in [2.75, 3.05) is 5.75 Å². The summed E-state index contributed by atoms with van der Waals surface area (Å²) in [5.74, 6) is 0.699. The number of rotatable bonds is 5.